The molecular weight excluding hydrogens is 893 g/mol. The Labute approximate surface area is 403 Å². The second-order valence-electron chi connectivity index (χ2n) is 19.6. The number of aliphatic hydroxyl groups excluding tert-OH is 1. The van der Waals surface area contributed by atoms with Crippen molar-refractivity contribution in [2.75, 3.05) is 33.9 Å². The highest BCUT2D eigenvalue weighted by atomic mass is 32.1. The smallest absolute Gasteiger partial charge is 0.408 e. The van der Waals surface area contributed by atoms with Gasteiger partial charge in [0.1, 0.15) is 24.5 Å². The van der Waals surface area contributed by atoms with Gasteiger partial charge in [-0.25, -0.2) is 19.3 Å². The number of aliphatic hydroxyl groups is 1. The zero-order chi connectivity index (χ0) is 49.1. The van der Waals surface area contributed by atoms with E-state index in [9.17, 15) is 19.5 Å². The van der Waals surface area contributed by atoms with Crippen molar-refractivity contribution in [1.29, 1.82) is 0 Å². The van der Waals surface area contributed by atoms with Crippen LogP contribution in [-0.2, 0) is 44.5 Å². The Bertz CT molecular complexity index is 2250. The van der Waals surface area contributed by atoms with E-state index in [1.165, 1.54) is 0 Å². The lowest BCUT2D eigenvalue weighted by molar-refractivity contribution is -0.302. The molecule has 3 aromatic rings. The number of nitrogens with zero attached hydrogens (tertiary/aromatic N) is 4. The summed E-state index contributed by atoms with van der Waals surface area (Å²) in [5.74, 6) is -1.96. The van der Waals surface area contributed by atoms with E-state index in [1.807, 2.05) is 102 Å². The van der Waals surface area contributed by atoms with Gasteiger partial charge >= 0.3 is 18.2 Å². The third-order valence-electron chi connectivity index (χ3n) is 14.3. The summed E-state index contributed by atoms with van der Waals surface area (Å²) in [5.41, 5.74) is 0.739. The van der Waals surface area contributed by atoms with Crippen LogP contribution >= 0.6 is 11.3 Å². The number of hydrogen-bond donors (Lipinski definition) is 3. The molecular formula is C50H70N6O11S. The number of rotatable bonds is 10. The number of pyridine rings is 1. The van der Waals surface area contributed by atoms with E-state index >= 15 is 0 Å². The molecule has 14 atom stereocenters. The summed E-state index contributed by atoms with van der Waals surface area (Å²) in [6, 6.07) is 8.75. The van der Waals surface area contributed by atoms with Gasteiger partial charge in [0.05, 0.1) is 54.0 Å². The normalized spacial score (nSPS) is 35.6. The van der Waals surface area contributed by atoms with Gasteiger partial charge in [0.15, 0.2) is 17.7 Å². The zero-order valence-electron chi connectivity index (χ0n) is 41.0. The lowest BCUT2D eigenvalue weighted by atomic mass is 9.71. The largest absolute Gasteiger partial charge is 0.458 e. The SMILES string of the molecule is C=C1COC2[C@@H](C)C(=O)O[C@H](CC)[C@@]3(C)OC(=O)NC3[C@@H](C)/C(=C/COC(=O)NCc3ccc(-n4ccc(-c5cccs5)n4)nc3)[C@H](C)C[C@@](C)(OC1)[C@H](OC1O[C@H](C)C[C@H](N(C)C)[C@H]1O)[C@H]2C. The predicted octanol–water partition coefficient (Wildman–Crippen LogP) is 6.83. The van der Waals surface area contributed by atoms with Crippen LogP contribution in [0, 0.1) is 23.7 Å². The van der Waals surface area contributed by atoms with E-state index in [-0.39, 0.29) is 44.4 Å². The monoisotopic (exact) mass is 962 g/mol. The van der Waals surface area contributed by atoms with E-state index in [2.05, 4.69) is 34.2 Å². The molecule has 4 saturated heterocycles. The first kappa shape index (κ1) is 51.2. The van der Waals surface area contributed by atoms with Crippen LogP contribution in [0.15, 0.2) is 71.9 Å². The molecule has 4 aliphatic rings. The number of likely N-dealkylation sites (N-methyl/N-ethyl adjacent to an activating group) is 1. The topological polar surface area (TPSA) is 194 Å². The first-order chi connectivity index (χ1) is 32.3. The van der Waals surface area contributed by atoms with Crippen LogP contribution in [0.1, 0.15) is 80.2 Å². The molecule has 3 aromatic heterocycles. The van der Waals surface area contributed by atoms with Gasteiger partial charge in [0.2, 0.25) is 0 Å². The molecule has 17 nitrogen and oxygen atoms in total. The molecule has 0 aromatic carbocycles. The van der Waals surface area contributed by atoms with Crippen LogP contribution < -0.4 is 10.6 Å². The summed E-state index contributed by atoms with van der Waals surface area (Å²) in [6.45, 7) is 20.0. The number of nitrogens with one attached hydrogen (secondary N) is 2. The minimum atomic E-state index is -1.28. The number of ether oxygens (including phenoxy) is 7. The van der Waals surface area contributed by atoms with Crippen molar-refractivity contribution in [3.63, 3.8) is 0 Å². The molecule has 372 valence electrons. The molecule has 3 unspecified atom stereocenters. The number of carbonyl (C=O) groups excluding carboxylic acids is 3. The average molecular weight is 963 g/mol. The van der Waals surface area contributed by atoms with E-state index in [4.69, 9.17) is 33.2 Å². The molecule has 3 N–H and O–H groups in total. The van der Waals surface area contributed by atoms with Gasteiger partial charge < -0.3 is 53.8 Å². The van der Waals surface area contributed by atoms with Crippen LogP contribution in [0.4, 0.5) is 9.59 Å². The Morgan fingerprint density at radius 2 is 1.90 bits per heavy atom. The van der Waals surface area contributed by atoms with Gasteiger partial charge in [0, 0.05) is 36.8 Å². The number of hydrogen-bond acceptors (Lipinski definition) is 15. The number of amides is 2. The maximum absolute atomic E-state index is 14.4. The molecule has 2 amide bonds. The predicted molar refractivity (Wildman–Crippen MR) is 255 cm³/mol. The standard InChI is InChI=1S/C50H70N6O11S/c1-12-39-50(9)43(53-48(60)67-50)31(5)35(18-20-61-47(59)52-25-34-15-16-40(51-24-34)56-19-17-36(54-56)38-14-13-21-68-38)29(3)23-49(8)44(66-46-41(57)37(55(10)11)22-30(4)64-46)32(6)42(33(7)45(58)65-39)62-26-28(2)27-63-49/h13-19,21,24,29-33,37,39,41-44,46,57H,2,12,20,22-23,25-27H2,1,3-11H3,(H,52,59)(H,53,60)/b35-18+/t29-,30-,31+,32+,33-,37+,39-,41-,42?,43?,44-,46?,49-,50-/m1/s1. The molecule has 0 spiro atoms. The second-order valence-corrected chi connectivity index (χ2v) is 20.6. The third kappa shape index (κ3) is 11.2. The molecule has 7 heterocycles. The van der Waals surface area contributed by atoms with Gasteiger partial charge in [-0.05, 0) is 108 Å². The summed E-state index contributed by atoms with van der Waals surface area (Å²) in [7, 11) is 3.84. The number of thiophene rings is 1. The third-order valence-corrected chi connectivity index (χ3v) is 15.2. The molecule has 0 aliphatic carbocycles. The van der Waals surface area contributed by atoms with Crippen molar-refractivity contribution in [3.05, 3.63) is 77.5 Å². The van der Waals surface area contributed by atoms with E-state index in [0.29, 0.717) is 30.7 Å². The Morgan fingerprint density at radius 3 is 2.59 bits per heavy atom. The van der Waals surface area contributed by atoms with Crippen LogP contribution in [-0.4, -0.2) is 137 Å². The van der Waals surface area contributed by atoms with Crippen molar-refractivity contribution in [2.24, 2.45) is 23.7 Å². The van der Waals surface area contributed by atoms with Crippen LogP contribution in [0.3, 0.4) is 0 Å². The fourth-order valence-corrected chi connectivity index (χ4v) is 11.3. The number of alkyl carbamates (subject to hydrolysis) is 2. The average Bonchev–Trinajstić information content (AvgIpc) is 4.09. The quantitative estimate of drug-likeness (QED) is 0.109. The maximum Gasteiger partial charge on any atom is 0.408 e. The Hall–Kier alpha value is -4.69. The van der Waals surface area contributed by atoms with Crippen molar-refractivity contribution in [1.82, 2.24) is 30.3 Å². The van der Waals surface area contributed by atoms with Crippen molar-refractivity contribution >= 4 is 29.5 Å². The highest BCUT2D eigenvalue weighted by Crippen LogP contribution is 2.44. The molecule has 4 fully saturated rings. The molecule has 0 saturated carbocycles. The lowest BCUT2D eigenvalue weighted by Crippen LogP contribution is -2.60. The van der Waals surface area contributed by atoms with Crippen LogP contribution in [0.5, 0.6) is 0 Å². The summed E-state index contributed by atoms with van der Waals surface area (Å²) >= 11 is 1.62. The van der Waals surface area contributed by atoms with Gasteiger partial charge in [-0.2, -0.15) is 5.10 Å². The second kappa shape index (κ2) is 21.5. The fraction of sp³-hybridized carbons (Fsp3) is 0.620. The number of cyclic esters (lactones) is 1. The molecule has 2 bridgehead atoms. The van der Waals surface area contributed by atoms with E-state index in [1.54, 1.807) is 36.1 Å². The Morgan fingerprint density at radius 1 is 1.12 bits per heavy atom. The number of fused-ring (bicyclic) bond motifs is 4. The minimum Gasteiger partial charge on any atom is -0.458 e. The first-order valence-corrected chi connectivity index (χ1v) is 24.6. The molecule has 7 rings (SSSR count). The first-order valence-electron chi connectivity index (χ1n) is 23.7. The molecule has 0 radical (unpaired) electrons. The molecule has 4 aliphatic heterocycles. The highest BCUT2D eigenvalue weighted by Gasteiger charge is 2.57. The van der Waals surface area contributed by atoms with E-state index in [0.717, 1.165) is 21.7 Å². The van der Waals surface area contributed by atoms with Gasteiger partial charge in [0.25, 0.3) is 0 Å². The summed E-state index contributed by atoms with van der Waals surface area (Å²) < 4.78 is 46.8. The minimum absolute atomic E-state index is 0.104. The van der Waals surface area contributed by atoms with Crippen molar-refractivity contribution in [2.45, 2.75) is 141 Å². The van der Waals surface area contributed by atoms with Gasteiger partial charge in [-0.3, -0.25) is 4.79 Å². The molecule has 68 heavy (non-hydrogen) atoms. The molecule has 18 heteroatoms. The fourth-order valence-electron chi connectivity index (χ4n) is 10.6. The van der Waals surface area contributed by atoms with Gasteiger partial charge in [-0.15, -0.1) is 11.3 Å². The summed E-state index contributed by atoms with van der Waals surface area (Å²) in [4.78, 5) is 48.5. The maximum atomic E-state index is 14.4. The number of carbonyl (C=O) groups is 3. The number of esters is 1. The van der Waals surface area contributed by atoms with Crippen LogP contribution in [0.25, 0.3) is 16.4 Å². The number of aromatic nitrogens is 3. The van der Waals surface area contributed by atoms with Gasteiger partial charge in [-0.1, -0.05) is 52.0 Å². The lowest BCUT2D eigenvalue weighted by Gasteiger charge is -2.49. The van der Waals surface area contributed by atoms with Crippen molar-refractivity contribution in [3.8, 4) is 16.4 Å². The highest BCUT2D eigenvalue weighted by molar-refractivity contribution is 7.13. The summed E-state index contributed by atoms with van der Waals surface area (Å²) in [6.07, 6.45) is 0.791. The van der Waals surface area contributed by atoms with Crippen molar-refractivity contribution < 1.29 is 52.6 Å². The zero-order valence-corrected chi connectivity index (χ0v) is 41.8. The Kier molecular flexibility index (Phi) is 16.2. The van der Waals surface area contributed by atoms with Crippen LogP contribution in [0.2, 0.25) is 0 Å². The summed E-state index contributed by atoms with van der Waals surface area (Å²) in [5, 5.41) is 24.3. The van der Waals surface area contributed by atoms with E-state index < -0.39 is 83.9 Å². The Balaban J connectivity index is 1.17.